The zero-order chi connectivity index (χ0) is 13.2. The molecule has 0 saturated heterocycles. The highest BCUT2D eigenvalue weighted by Gasteiger charge is 2.09. The highest BCUT2D eigenvalue weighted by molar-refractivity contribution is 5.92. The maximum Gasteiger partial charge on any atom is 0.335 e. The molecule has 3 rings (SSSR count). The van der Waals surface area contributed by atoms with Gasteiger partial charge in [-0.1, -0.05) is 0 Å². The van der Waals surface area contributed by atoms with Crippen LogP contribution < -0.4 is 5.32 Å². The van der Waals surface area contributed by atoms with Gasteiger partial charge in [0.05, 0.1) is 17.4 Å². The number of carbonyl (C=O) groups is 1. The minimum Gasteiger partial charge on any atom is -0.478 e. The summed E-state index contributed by atoms with van der Waals surface area (Å²) in [5.74, 6) is -1.000. The van der Waals surface area contributed by atoms with Crippen molar-refractivity contribution in [3.63, 3.8) is 0 Å². The Morgan fingerprint density at radius 3 is 2.95 bits per heavy atom. The number of nitrogens with zero attached hydrogens (tertiary/aromatic N) is 2. The van der Waals surface area contributed by atoms with Gasteiger partial charge in [-0.15, -0.1) is 0 Å². The van der Waals surface area contributed by atoms with Crippen LogP contribution in [0, 0.1) is 0 Å². The lowest BCUT2D eigenvalue weighted by Gasteiger charge is -1.98. The molecule has 2 N–H and O–H groups in total. The quantitative estimate of drug-likeness (QED) is 0.748. The molecule has 0 bridgehead atoms. The van der Waals surface area contributed by atoms with Gasteiger partial charge in [0.1, 0.15) is 5.52 Å². The third-order valence-corrected chi connectivity index (χ3v) is 2.55. The number of oxazole rings is 1. The van der Waals surface area contributed by atoms with E-state index < -0.39 is 5.97 Å². The molecule has 0 aliphatic rings. The van der Waals surface area contributed by atoms with Crippen molar-refractivity contribution >= 4 is 28.8 Å². The van der Waals surface area contributed by atoms with Gasteiger partial charge in [0, 0.05) is 6.20 Å². The normalized spacial score (nSPS) is 10.5. The second-order valence-electron chi connectivity index (χ2n) is 3.87. The number of nitrogens with one attached hydrogen (secondary N) is 1. The van der Waals surface area contributed by atoms with Gasteiger partial charge in [-0.2, -0.15) is 4.98 Å². The molecule has 0 unspecified atom stereocenters. The summed E-state index contributed by atoms with van der Waals surface area (Å²) in [6.45, 7) is 0. The predicted molar refractivity (Wildman–Crippen MR) is 68.5 cm³/mol. The zero-order valence-corrected chi connectivity index (χ0v) is 9.70. The van der Waals surface area contributed by atoms with Gasteiger partial charge in [0.2, 0.25) is 0 Å². The van der Waals surface area contributed by atoms with Crippen molar-refractivity contribution in [2.45, 2.75) is 0 Å². The summed E-state index contributed by atoms with van der Waals surface area (Å²) in [5, 5.41) is 11.9. The summed E-state index contributed by atoms with van der Waals surface area (Å²) in [5.41, 5.74) is 1.92. The third kappa shape index (κ3) is 2.23. The molecule has 6 nitrogen and oxygen atoms in total. The Labute approximate surface area is 107 Å². The lowest BCUT2D eigenvalue weighted by molar-refractivity contribution is 0.0697. The number of carboxylic acids is 1. The van der Waals surface area contributed by atoms with E-state index in [4.69, 9.17) is 9.52 Å². The fourth-order valence-corrected chi connectivity index (χ4v) is 1.67. The Balaban J connectivity index is 1.95. The Morgan fingerprint density at radius 2 is 2.21 bits per heavy atom. The number of benzene rings is 1. The molecule has 94 valence electrons. The Kier molecular flexibility index (Phi) is 2.60. The zero-order valence-electron chi connectivity index (χ0n) is 9.70. The topological polar surface area (TPSA) is 88.2 Å². The number of fused-ring (bicyclic) bond motifs is 1. The van der Waals surface area contributed by atoms with Gasteiger partial charge < -0.3 is 14.8 Å². The van der Waals surface area contributed by atoms with Gasteiger partial charge in [0.15, 0.2) is 5.58 Å². The van der Waals surface area contributed by atoms with Crippen LogP contribution in [0.4, 0.5) is 11.7 Å². The van der Waals surface area contributed by atoms with Crippen molar-refractivity contribution in [1.82, 2.24) is 9.97 Å². The van der Waals surface area contributed by atoms with E-state index in [0.29, 0.717) is 17.1 Å². The van der Waals surface area contributed by atoms with Crippen molar-refractivity contribution in [2.75, 3.05) is 5.32 Å². The van der Waals surface area contributed by atoms with Gasteiger partial charge in [-0.05, 0) is 30.3 Å². The molecule has 6 heteroatoms. The fraction of sp³-hybridized carbons (Fsp3) is 0. The van der Waals surface area contributed by atoms with Crippen molar-refractivity contribution in [3.05, 3.63) is 48.3 Å². The lowest BCUT2D eigenvalue weighted by Crippen LogP contribution is -1.94. The minimum atomic E-state index is -1.000. The van der Waals surface area contributed by atoms with E-state index in [2.05, 4.69) is 15.3 Å². The number of carboxylic acid groups (broad SMARTS) is 1. The van der Waals surface area contributed by atoms with E-state index in [1.807, 2.05) is 6.07 Å². The molecule has 2 heterocycles. The van der Waals surface area contributed by atoms with Crippen molar-refractivity contribution in [3.8, 4) is 0 Å². The van der Waals surface area contributed by atoms with Crippen LogP contribution in [0.5, 0.6) is 0 Å². The second kappa shape index (κ2) is 4.41. The first-order valence-corrected chi connectivity index (χ1v) is 5.53. The molecule has 0 spiro atoms. The monoisotopic (exact) mass is 255 g/mol. The highest BCUT2D eigenvalue weighted by atomic mass is 16.4. The molecular weight excluding hydrogens is 246 g/mol. The standard InChI is InChI=1S/C13H9N3O3/c17-12(18)8-3-4-10-11(6-8)19-13(16-10)15-9-2-1-5-14-7-9/h1-7H,(H,15,16)(H,17,18). The molecule has 1 aromatic carbocycles. The largest absolute Gasteiger partial charge is 0.478 e. The van der Waals surface area contributed by atoms with Crippen LogP contribution in [0.25, 0.3) is 11.1 Å². The van der Waals surface area contributed by atoms with Gasteiger partial charge >= 0.3 is 5.97 Å². The Hall–Kier alpha value is -2.89. The van der Waals surface area contributed by atoms with E-state index >= 15 is 0 Å². The van der Waals surface area contributed by atoms with E-state index in [1.165, 1.54) is 12.1 Å². The summed E-state index contributed by atoms with van der Waals surface area (Å²) in [6, 6.07) is 8.44. The summed E-state index contributed by atoms with van der Waals surface area (Å²) >= 11 is 0. The first kappa shape index (κ1) is 11.2. The van der Waals surface area contributed by atoms with Crippen LogP contribution in [0.3, 0.4) is 0 Å². The molecule has 0 amide bonds. The van der Waals surface area contributed by atoms with Crippen LogP contribution in [-0.4, -0.2) is 21.0 Å². The Morgan fingerprint density at radius 1 is 1.32 bits per heavy atom. The fourth-order valence-electron chi connectivity index (χ4n) is 1.67. The van der Waals surface area contributed by atoms with E-state index in [9.17, 15) is 4.79 Å². The van der Waals surface area contributed by atoms with Crippen LogP contribution >= 0.6 is 0 Å². The molecule has 0 fully saturated rings. The number of hydrogen-bond acceptors (Lipinski definition) is 5. The van der Waals surface area contributed by atoms with Crippen molar-refractivity contribution in [1.29, 1.82) is 0 Å². The molecule has 0 saturated carbocycles. The highest BCUT2D eigenvalue weighted by Crippen LogP contribution is 2.22. The minimum absolute atomic E-state index is 0.163. The molecule has 0 radical (unpaired) electrons. The van der Waals surface area contributed by atoms with Gasteiger partial charge in [-0.3, -0.25) is 4.98 Å². The molecule has 0 aliphatic carbocycles. The first-order chi connectivity index (χ1) is 9.22. The molecular formula is C13H9N3O3. The van der Waals surface area contributed by atoms with Gasteiger partial charge in [0.25, 0.3) is 6.01 Å². The van der Waals surface area contributed by atoms with Crippen LogP contribution in [-0.2, 0) is 0 Å². The van der Waals surface area contributed by atoms with E-state index in [1.54, 1.807) is 24.5 Å². The van der Waals surface area contributed by atoms with Crippen LogP contribution in [0.1, 0.15) is 10.4 Å². The molecule has 0 atom stereocenters. The van der Waals surface area contributed by atoms with Crippen molar-refractivity contribution in [2.24, 2.45) is 0 Å². The maximum atomic E-state index is 10.9. The number of aromatic carboxylic acids is 1. The molecule has 0 aliphatic heterocycles. The number of anilines is 2. The summed E-state index contributed by atoms with van der Waals surface area (Å²) < 4.78 is 5.45. The third-order valence-electron chi connectivity index (χ3n) is 2.55. The second-order valence-corrected chi connectivity index (χ2v) is 3.87. The molecule has 2 aromatic heterocycles. The predicted octanol–water partition coefficient (Wildman–Crippen LogP) is 2.66. The average molecular weight is 255 g/mol. The summed E-state index contributed by atoms with van der Waals surface area (Å²) in [6.07, 6.45) is 3.30. The SMILES string of the molecule is O=C(O)c1ccc2nc(Nc3cccnc3)oc2c1. The van der Waals surface area contributed by atoms with Crippen LogP contribution in [0.15, 0.2) is 47.1 Å². The molecule has 19 heavy (non-hydrogen) atoms. The number of aromatic nitrogens is 2. The number of pyridine rings is 1. The van der Waals surface area contributed by atoms with Crippen molar-refractivity contribution < 1.29 is 14.3 Å². The molecule has 3 aromatic rings. The smallest absolute Gasteiger partial charge is 0.335 e. The number of hydrogen-bond donors (Lipinski definition) is 2. The van der Waals surface area contributed by atoms with Crippen LogP contribution in [0.2, 0.25) is 0 Å². The average Bonchev–Trinajstić information content (AvgIpc) is 2.80. The first-order valence-electron chi connectivity index (χ1n) is 5.53. The summed E-state index contributed by atoms with van der Waals surface area (Å²) in [7, 11) is 0. The number of rotatable bonds is 3. The Bertz CT molecular complexity index is 737. The maximum absolute atomic E-state index is 10.9. The van der Waals surface area contributed by atoms with E-state index in [-0.39, 0.29) is 5.56 Å². The van der Waals surface area contributed by atoms with Gasteiger partial charge in [-0.25, -0.2) is 4.79 Å². The van der Waals surface area contributed by atoms with E-state index in [0.717, 1.165) is 5.69 Å². The summed E-state index contributed by atoms with van der Waals surface area (Å²) in [4.78, 5) is 19.0. The lowest BCUT2D eigenvalue weighted by atomic mass is 10.2.